The van der Waals surface area contributed by atoms with E-state index in [1.54, 1.807) is 6.92 Å². The van der Waals surface area contributed by atoms with Gasteiger partial charge in [-0.25, -0.2) is 8.42 Å². The highest BCUT2D eigenvalue weighted by molar-refractivity contribution is 7.91. The van der Waals surface area contributed by atoms with Crippen LogP contribution in [-0.2, 0) is 27.5 Å². The van der Waals surface area contributed by atoms with Gasteiger partial charge in [0.25, 0.3) is 10.0 Å². The van der Waals surface area contributed by atoms with Crippen molar-refractivity contribution in [3.8, 4) is 17.3 Å². The van der Waals surface area contributed by atoms with Crippen molar-refractivity contribution < 1.29 is 31.1 Å². The molecule has 14 heteroatoms. The highest BCUT2D eigenvalue weighted by atomic mass is 35.5. The Bertz CT molecular complexity index is 1380. The van der Waals surface area contributed by atoms with E-state index in [2.05, 4.69) is 15.3 Å². The third kappa shape index (κ3) is 6.22. The molecule has 198 valence electrons. The summed E-state index contributed by atoms with van der Waals surface area (Å²) >= 11 is 6.82. The van der Waals surface area contributed by atoms with Gasteiger partial charge in [-0.1, -0.05) is 23.7 Å². The molecule has 2 aromatic heterocycles. The van der Waals surface area contributed by atoms with Crippen molar-refractivity contribution in [1.82, 2.24) is 19.6 Å². The molecule has 0 spiro atoms. The zero-order valence-corrected chi connectivity index (χ0v) is 21.8. The Kier molecular flexibility index (Phi) is 8.07. The third-order valence-electron chi connectivity index (χ3n) is 5.60. The first-order valence-electron chi connectivity index (χ1n) is 11.2. The minimum atomic E-state index is -4.46. The van der Waals surface area contributed by atoms with Gasteiger partial charge in [0.15, 0.2) is 0 Å². The maximum absolute atomic E-state index is 13.0. The van der Waals surface area contributed by atoms with Gasteiger partial charge in [0, 0.05) is 12.1 Å². The van der Waals surface area contributed by atoms with Crippen LogP contribution >= 0.6 is 22.9 Å². The van der Waals surface area contributed by atoms with E-state index in [0.717, 1.165) is 23.5 Å². The molecule has 3 heterocycles. The largest absolute Gasteiger partial charge is 0.464 e. The molecular formula is C23H22ClF3N4O4S2. The van der Waals surface area contributed by atoms with Gasteiger partial charge in [-0.15, -0.1) is 11.3 Å². The first-order chi connectivity index (χ1) is 17.5. The summed E-state index contributed by atoms with van der Waals surface area (Å²) in [5.41, 5.74) is 0.283. The lowest BCUT2D eigenvalue weighted by Gasteiger charge is -2.22. The molecule has 1 atom stereocenters. The summed E-state index contributed by atoms with van der Waals surface area (Å²) in [4.78, 5) is 21.5. The predicted octanol–water partition coefficient (Wildman–Crippen LogP) is 4.75. The summed E-state index contributed by atoms with van der Waals surface area (Å²) < 4.78 is 71.8. The first-order valence-corrected chi connectivity index (χ1v) is 13.9. The Morgan fingerprint density at radius 3 is 2.57 bits per heavy atom. The summed E-state index contributed by atoms with van der Waals surface area (Å²) in [6.07, 6.45) is -3.58. The zero-order valence-electron chi connectivity index (χ0n) is 19.5. The maximum Gasteiger partial charge on any atom is 0.416 e. The SMILES string of the molecule is CCOc1nc(CNC(=O)[C@@H]2CCCN2S(=O)(=O)c2ccc(Cl)s2)cc(-c2ccc(C(F)(F)F)cc2)n1. The Morgan fingerprint density at radius 2 is 1.95 bits per heavy atom. The number of aromatic nitrogens is 2. The number of sulfonamides is 1. The average molecular weight is 575 g/mol. The Hall–Kier alpha value is -2.74. The van der Waals surface area contributed by atoms with E-state index >= 15 is 0 Å². The molecular weight excluding hydrogens is 553 g/mol. The summed E-state index contributed by atoms with van der Waals surface area (Å²) in [7, 11) is -3.89. The number of carbonyl (C=O) groups excluding carboxylic acids is 1. The highest BCUT2D eigenvalue weighted by Gasteiger charge is 2.40. The van der Waals surface area contributed by atoms with E-state index in [9.17, 15) is 26.4 Å². The topological polar surface area (TPSA) is 101 Å². The molecule has 3 aromatic rings. The van der Waals surface area contributed by atoms with Crippen LogP contribution in [0.3, 0.4) is 0 Å². The number of thiophene rings is 1. The minimum absolute atomic E-state index is 0.00351. The molecule has 0 radical (unpaired) electrons. The number of hydrogen-bond donors (Lipinski definition) is 1. The van der Waals surface area contributed by atoms with Gasteiger partial charge in [-0.2, -0.15) is 27.4 Å². The molecule has 1 N–H and O–H groups in total. The van der Waals surface area contributed by atoms with Gasteiger partial charge < -0.3 is 10.1 Å². The second-order valence-corrected chi connectivity index (χ2v) is 11.9. The second kappa shape index (κ2) is 10.9. The van der Waals surface area contributed by atoms with Gasteiger partial charge >= 0.3 is 12.2 Å². The van der Waals surface area contributed by atoms with Crippen LogP contribution < -0.4 is 10.1 Å². The van der Waals surface area contributed by atoms with E-state index < -0.39 is 33.7 Å². The molecule has 1 aromatic carbocycles. The molecule has 4 rings (SSSR count). The van der Waals surface area contributed by atoms with Crippen LogP contribution in [0.2, 0.25) is 4.34 Å². The lowest BCUT2D eigenvalue weighted by Crippen LogP contribution is -2.45. The summed E-state index contributed by atoms with van der Waals surface area (Å²) in [5, 5.41) is 2.71. The molecule has 1 fully saturated rings. The number of nitrogens with zero attached hydrogens (tertiary/aromatic N) is 3. The molecule has 0 aliphatic carbocycles. The number of rotatable bonds is 8. The number of halogens is 4. The fraction of sp³-hybridized carbons (Fsp3) is 0.348. The summed E-state index contributed by atoms with van der Waals surface area (Å²) in [6, 6.07) is 8.03. The summed E-state index contributed by atoms with van der Waals surface area (Å²) in [5.74, 6) is -0.489. The van der Waals surface area contributed by atoms with E-state index in [1.165, 1.54) is 34.6 Å². The van der Waals surface area contributed by atoms with Crippen molar-refractivity contribution >= 4 is 38.9 Å². The Balaban J connectivity index is 1.51. The minimum Gasteiger partial charge on any atom is -0.464 e. The van der Waals surface area contributed by atoms with Crippen LogP contribution in [0.25, 0.3) is 11.3 Å². The summed E-state index contributed by atoms with van der Waals surface area (Å²) in [6.45, 7) is 2.12. The van der Waals surface area contributed by atoms with Crippen LogP contribution in [-0.4, -0.2) is 47.8 Å². The van der Waals surface area contributed by atoms with Crippen LogP contribution in [0.4, 0.5) is 13.2 Å². The van der Waals surface area contributed by atoms with Crippen molar-refractivity contribution in [2.24, 2.45) is 0 Å². The number of carbonyl (C=O) groups is 1. The third-order valence-corrected chi connectivity index (χ3v) is 9.21. The van der Waals surface area contributed by atoms with Gasteiger partial charge in [0.05, 0.1) is 34.4 Å². The lowest BCUT2D eigenvalue weighted by atomic mass is 10.1. The van der Waals surface area contributed by atoms with Gasteiger partial charge in [-0.05, 0) is 50.1 Å². The molecule has 37 heavy (non-hydrogen) atoms. The lowest BCUT2D eigenvalue weighted by molar-refractivity contribution is -0.137. The number of benzene rings is 1. The van der Waals surface area contributed by atoms with Crippen LogP contribution in [0.5, 0.6) is 6.01 Å². The predicted molar refractivity (Wildman–Crippen MR) is 132 cm³/mol. The van der Waals surface area contributed by atoms with Gasteiger partial charge in [0.2, 0.25) is 5.91 Å². The second-order valence-electron chi connectivity index (χ2n) is 8.09. The average Bonchev–Trinajstić information content (AvgIpc) is 3.52. The molecule has 1 aliphatic rings. The smallest absolute Gasteiger partial charge is 0.416 e. The van der Waals surface area contributed by atoms with E-state index in [4.69, 9.17) is 16.3 Å². The molecule has 0 saturated carbocycles. The van der Waals surface area contributed by atoms with E-state index in [0.29, 0.717) is 34.1 Å². The standard InChI is InChI=1S/C23H22ClF3N4O4S2/c1-2-35-22-29-16(12-17(30-22)14-5-7-15(8-6-14)23(25,26)27)13-28-21(32)18-4-3-11-31(18)37(33,34)20-10-9-19(24)36-20/h5-10,12,18H,2-4,11,13H2,1H3,(H,28,32)/t18-/m0/s1. The first kappa shape index (κ1) is 27.3. The number of alkyl halides is 3. The Morgan fingerprint density at radius 1 is 1.22 bits per heavy atom. The fourth-order valence-electron chi connectivity index (χ4n) is 3.87. The van der Waals surface area contributed by atoms with E-state index in [-0.39, 0.29) is 29.9 Å². The highest BCUT2D eigenvalue weighted by Crippen LogP contribution is 2.33. The molecule has 1 amide bonds. The van der Waals surface area contributed by atoms with Gasteiger partial charge in [0.1, 0.15) is 10.3 Å². The van der Waals surface area contributed by atoms with Crippen molar-refractivity contribution in [2.45, 2.75) is 42.7 Å². The van der Waals surface area contributed by atoms with Crippen LogP contribution in [0.15, 0.2) is 46.7 Å². The van der Waals surface area contributed by atoms with E-state index in [1.807, 2.05) is 0 Å². The number of ether oxygens (including phenoxy) is 1. The van der Waals surface area contributed by atoms with Crippen molar-refractivity contribution in [3.05, 3.63) is 58.1 Å². The number of hydrogen-bond acceptors (Lipinski definition) is 7. The normalized spacial score (nSPS) is 16.6. The van der Waals surface area contributed by atoms with Crippen molar-refractivity contribution in [1.29, 1.82) is 0 Å². The van der Waals surface area contributed by atoms with Crippen LogP contribution in [0.1, 0.15) is 31.0 Å². The fourth-order valence-corrected chi connectivity index (χ4v) is 7.14. The molecule has 0 unspecified atom stereocenters. The molecule has 8 nitrogen and oxygen atoms in total. The molecule has 0 bridgehead atoms. The Labute approximate surface area is 220 Å². The van der Waals surface area contributed by atoms with Crippen LogP contribution in [0, 0.1) is 0 Å². The molecule has 1 aliphatic heterocycles. The molecule has 1 saturated heterocycles. The number of nitrogens with one attached hydrogen (secondary N) is 1. The number of amides is 1. The maximum atomic E-state index is 13.0. The quantitative estimate of drug-likeness (QED) is 0.417. The zero-order chi connectivity index (χ0) is 26.8. The monoisotopic (exact) mass is 574 g/mol. The van der Waals surface area contributed by atoms with Crippen molar-refractivity contribution in [3.63, 3.8) is 0 Å². The van der Waals surface area contributed by atoms with Gasteiger partial charge in [-0.3, -0.25) is 4.79 Å². The van der Waals surface area contributed by atoms with Crippen molar-refractivity contribution in [2.75, 3.05) is 13.2 Å².